The summed E-state index contributed by atoms with van der Waals surface area (Å²) in [7, 11) is -2.13. The van der Waals surface area contributed by atoms with E-state index in [2.05, 4.69) is 97.9 Å². The molecule has 0 fully saturated rings. The van der Waals surface area contributed by atoms with Crippen LogP contribution in [0.2, 0.25) is 0 Å². The molecule has 0 saturated carbocycles. The standard InChI is InChI=1S/C24H28OP.ClH/c1-2-3-7-20-24(25)26(21-14-8-4-9-15-21,22-16-10-5-11-17-22)23-18-12-6-13-19-23;/h4-6,8-19,24-25H,2-3,7,20H2,1H3;1H/q+1;. The van der Waals surface area contributed by atoms with Crippen molar-refractivity contribution in [2.24, 2.45) is 0 Å². The van der Waals surface area contributed by atoms with Crippen molar-refractivity contribution in [2.45, 2.75) is 38.5 Å². The van der Waals surface area contributed by atoms with E-state index in [0.717, 1.165) is 19.3 Å². The van der Waals surface area contributed by atoms with E-state index in [1.54, 1.807) is 0 Å². The largest absolute Gasteiger partial charge is 0.358 e. The Morgan fingerprint density at radius 2 is 1.04 bits per heavy atom. The van der Waals surface area contributed by atoms with Crippen molar-refractivity contribution >= 4 is 35.6 Å². The van der Waals surface area contributed by atoms with Crippen molar-refractivity contribution in [2.75, 3.05) is 0 Å². The SMILES string of the molecule is CCCCCC(O)[P+](c1ccccc1)(c1ccccc1)c1ccccc1.Cl. The summed E-state index contributed by atoms with van der Waals surface area (Å²) in [5, 5.41) is 15.3. The van der Waals surface area contributed by atoms with E-state index in [-0.39, 0.29) is 18.3 Å². The Morgan fingerprint density at radius 3 is 1.37 bits per heavy atom. The van der Waals surface area contributed by atoms with Crippen molar-refractivity contribution in [3.8, 4) is 0 Å². The molecule has 0 aliphatic carbocycles. The van der Waals surface area contributed by atoms with Crippen molar-refractivity contribution < 1.29 is 5.11 Å². The Hall–Kier alpha value is -1.66. The molecule has 0 radical (unpaired) electrons. The summed E-state index contributed by atoms with van der Waals surface area (Å²) in [5.74, 6) is -0.374. The van der Waals surface area contributed by atoms with E-state index in [1.165, 1.54) is 22.3 Å². The van der Waals surface area contributed by atoms with E-state index < -0.39 is 7.26 Å². The molecule has 0 heterocycles. The van der Waals surface area contributed by atoms with Crippen LogP contribution in [0.4, 0.5) is 0 Å². The molecule has 3 aromatic carbocycles. The summed E-state index contributed by atoms with van der Waals surface area (Å²) in [5.41, 5.74) is 0. The van der Waals surface area contributed by atoms with Gasteiger partial charge >= 0.3 is 0 Å². The van der Waals surface area contributed by atoms with Gasteiger partial charge in [0.1, 0.15) is 23.2 Å². The molecule has 0 aliphatic rings. The van der Waals surface area contributed by atoms with Crippen LogP contribution in [-0.2, 0) is 0 Å². The summed E-state index contributed by atoms with van der Waals surface area (Å²) in [6.07, 6.45) is 4.22. The summed E-state index contributed by atoms with van der Waals surface area (Å²) in [6, 6.07) is 31.9. The summed E-state index contributed by atoms with van der Waals surface area (Å²) < 4.78 is 0. The summed E-state index contributed by atoms with van der Waals surface area (Å²) in [6.45, 7) is 2.21. The zero-order valence-electron chi connectivity index (χ0n) is 15.9. The van der Waals surface area contributed by atoms with Gasteiger partial charge in [-0.1, -0.05) is 74.4 Å². The predicted octanol–water partition coefficient (Wildman–Crippen LogP) is 5.30. The highest BCUT2D eigenvalue weighted by atomic mass is 35.5. The molecule has 0 aromatic heterocycles. The number of rotatable bonds is 8. The van der Waals surface area contributed by atoms with E-state index in [4.69, 9.17) is 0 Å². The summed E-state index contributed by atoms with van der Waals surface area (Å²) in [4.78, 5) is 0. The van der Waals surface area contributed by atoms with Gasteiger partial charge in [-0.05, 0) is 42.8 Å². The average Bonchev–Trinajstić information content (AvgIpc) is 2.71. The molecular weight excluding hydrogens is 371 g/mol. The van der Waals surface area contributed by atoms with Gasteiger partial charge in [0.05, 0.1) is 0 Å². The lowest BCUT2D eigenvalue weighted by molar-refractivity contribution is 0.242. The van der Waals surface area contributed by atoms with Gasteiger partial charge in [-0.25, -0.2) is 0 Å². The minimum atomic E-state index is -2.13. The fourth-order valence-electron chi connectivity index (χ4n) is 3.72. The van der Waals surface area contributed by atoms with Crippen molar-refractivity contribution in [3.63, 3.8) is 0 Å². The third kappa shape index (κ3) is 4.61. The first kappa shape index (κ1) is 21.6. The Balaban J connectivity index is 0.00000261. The first-order valence-corrected chi connectivity index (χ1v) is 11.4. The van der Waals surface area contributed by atoms with Gasteiger partial charge in [0.2, 0.25) is 0 Å². The van der Waals surface area contributed by atoms with E-state index in [0.29, 0.717) is 0 Å². The maximum Gasteiger partial charge on any atom is 0.178 e. The second kappa shape index (κ2) is 10.6. The molecule has 27 heavy (non-hydrogen) atoms. The molecule has 0 saturated heterocycles. The number of hydrogen-bond acceptors (Lipinski definition) is 1. The Bertz CT molecular complexity index is 681. The first-order valence-electron chi connectivity index (χ1n) is 9.53. The van der Waals surface area contributed by atoms with E-state index in [9.17, 15) is 5.11 Å². The molecule has 1 unspecified atom stereocenters. The zero-order valence-corrected chi connectivity index (χ0v) is 17.6. The normalized spacial score (nSPS) is 12.2. The number of aliphatic hydroxyl groups excluding tert-OH is 1. The first-order chi connectivity index (χ1) is 12.8. The minimum absolute atomic E-state index is 0. The van der Waals surface area contributed by atoms with Gasteiger partial charge < -0.3 is 5.11 Å². The molecule has 0 amide bonds. The summed E-state index contributed by atoms with van der Waals surface area (Å²) >= 11 is 0. The fourth-order valence-corrected chi connectivity index (χ4v) is 8.15. The van der Waals surface area contributed by atoms with Crippen molar-refractivity contribution in [3.05, 3.63) is 91.0 Å². The fraction of sp³-hybridized carbons (Fsp3) is 0.250. The monoisotopic (exact) mass is 399 g/mol. The molecule has 1 N–H and O–H groups in total. The van der Waals surface area contributed by atoms with Crippen LogP contribution in [0.5, 0.6) is 0 Å². The molecule has 1 atom stereocenters. The van der Waals surface area contributed by atoms with Crippen LogP contribution in [0, 0.1) is 0 Å². The third-order valence-electron chi connectivity index (χ3n) is 5.00. The highest BCUT2D eigenvalue weighted by Crippen LogP contribution is 2.60. The average molecular weight is 400 g/mol. The predicted molar refractivity (Wildman–Crippen MR) is 123 cm³/mol. The molecule has 1 nitrogen and oxygen atoms in total. The Labute approximate surface area is 170 Å². The highest BCUT2D eigenvalue weighted by Gasteiger charge is 2.51. The van der Waals surface area contributed by atoms with Gasteiger partial charge in [0.25, 0.3) is 0 Å². The van der Waals surface area contributed by atoms with Crippen LogP contribution in [0.25, 0.3) is 0 Å². The number of unbranched alkanes of at least 4 members (excludes halogenated alkanes) is 2. The number of benzene rings is 3. The van der Waals surface area contributed by atoms with Crippen LogP contribution < -0.4 is 15.9 Å². The molecule has 3 rings (SSSR count). The van der Waals surface area contributed by atoms with E-state index in [1.807, 2.05) is 0 Å². The van der Waals surface area contributed by atoms with Crippen LogP contribution in [0.3, 0.4) is 0 Å². The minimum Gasteiger partial charge on any atom is -0.358 e. The van der Waals surface area contributed by atoms with Gasteiger partial charge in [-0.15, -0.1) is 12.4 Å². The molecule has 142 valence electrons. The van der Waals surface area contributed by atoms with Gasteiger partial charge in [0.15, 0.2) is 5.85 Å². The lowest BCUT2D eigenvalue weighted by Crippen LogP contribution is -2.38. The lowest BCUT2D eigenvalue weighted by atomic mass is 10.2. The third-order valence-corrected chi connectivity index (χ3v) is 9.49. The smallest absolute Gasteiger partial charge is 0.178 e. The van der Waals surface area contributed by atoms with Crippen LogP contribution >= 0.6 is 19.7 Å². The molecule has 3 heteroatoms. The van der Waals surface area contributed by atoms with Crippen molar-refractivity contribution in [1.29, 1.82) is 0 Å². The van der Waals surface area contributed by atoms with Gasteiger partial charge in [-0.2, -0.15) is 0 Å². The molecule has 0 spiro atoms. The maximum atomic E-state index is 11.6. The van der Waals surface area contributed by atoms with Crippen LogP contribution in [0.1, 0.15) is 32.6 Å². The second-order valence-corrected chi connectivity index (χ2v) is 10.3. The van der Waals surface area contributed by atoms with Crippen LogP contribution in [0.15, 0.2) is 91.0 Å². The molecule has 0 aliphatic heterocycles. The van der Waals surface area contributed by atoms with Crippen LogP contribution in [-0.4, -0.2) is 11.0 Å². The quantitative estimate of drug-likeness (QED) is 0.402. The maximum absolute atomic E-state index is 11.6. The Kier molecular flexibility index (Phi) is 8.51. The number of aliphatic hydroxyl groups is 1. The van der Waals surface area contributed by atoms with E-state index >= 15 is 0 Å². The number of hydrogen-bond donors (Lipinski definition) is 1. The van der Waals surface area contributed by atoms with Crippen molar-refractivity contribution in [1.82, 2.24) is 0 Å². The zero-order chi connectivity index (χ0) is 18.2. The Morgan fingerprint density at radius 1 is 0.667 bits per heavy atom. The lowest BCUT2D eigenvalue weighted by Gasteiger charge is -2.31. The second-order valence-electron chi connectivity index (χ2n) is 6.71. The molecule has 3 aromatic rings. The number of halogens is 1. The topological polar surface area (TPSA) is 20.2 Å². The van der Waals surface area contributed by atoms with Gasteiger partial charge in [0, 0.05) is 6.42 Å². The highest BCUT2D eigenvalue weighted by molar-refractivity contribution is 7.96. The molecule has 0 bridgehead atoms. The molecular formula is C24H29ClOP+. The van der Waals surface area contributed by atoms with Gasteiger partial charge in [-0.3, -0.25) is 0 Å².